The van der Waals surface area contributed by atoms with Gasteiger partial charge >= 0.3 is 22.7 Å². The number of fused-ring (bicyclic) bond motifs is 2. The summed E-state index contributed by atoms with van der Waals surface area (Å²) in [5.74, 6) is 0.0830. The van der Waals surface area contributed by atoms with Gasteiger partial charge in [-0.05, 0) is 262 Å². The van der Waals surface area contributed by atoms with Crippen LogP contribution >= 0.6 is 81.9 Å². The van der Waals surface area contributed by atoms with E-state index in [2.05, 4.69) is 76.5 Å². The molecule has 8 aromatic carbocycles. The highest BCUT2D eigenvalue weighted by Gasteiger charge is 2.33. The van der Waals surface area contributed by atoms with Crippen molar-refractivity contribution >= 4 is 145 Å². The molecule has 0 radical (unpaired) electrons. The zero-order valence-corrected chi connectivity index (χ0v) is 77.5. The molecular formula is C93H99Cl3F4N12O13S4. The third-order valence-electron chi connectivity index (χ3n) is 23.6. The lowest BCUT2D eigenvalue weighted by Gasteiger charge is -2.26. The van der Waals surface area contributed by atoms with E-state index in [0.717, 1.165) is 106 Å². The number of aromatic nitrogens is 2. The van der Waals surface area contributed by atoms with Crippen LogP contribution in [-0.4, -0.2) is 100 Å². The van der Waals surface area contributed by atoms with Crippen LogP contribution in [0.4, 0.5) is 68.7 Å². The molecule has 6 N–H and O–H groups in total. The molecule has 0 unspecified atom stereocenters. The predicted molar refractivity (Wildman–Crippen MR) is 505 cm³/mol. The Labute approximate surface area is 776 Å². The highest BCUT2D eigenvalue weighted by molar-refractivity contribution is 7.99. The van der Waals surface area contributed by atoms with E-state index in [0.29, 0.717) is 80.5 Å². The number of nitro groups is 5. The van der Waals surface area contributed by atoms with Crippen LogP contribution in [0.2, 0.25) is 15.3 Å². The molecule has 2 aliphatic heterocycles. The molecule has 0 bridgehead atoms. The molecule has 2 aromatic heterocycles. The summed E-state index contributed by atoms with van der Waals surface area (Å²) < 4.78 is 51.5. The lowest BCUT2D eigenvalue weighted by Crippen LogP contribution is -2.18. The minimum Gasteiger partial charge on any atom is -0.508 e. The third-order valence-corrected chi connectivity index (χ3v) is 27.4. The number of aromatic hydroxyl groups is 1. The number of aryl methyl sites for hydroxylation is 1. The Balaban J connectivity index is 0.000000153. The molecular weight excluding hydrogens is 1800 g/mol. The Morgan fingerprint density at radius 2 is 0.690 bits per heavy atom. The Hall–Kier alpha value is -10.8. The molecule has 8 aliphatic rings. The summed E-state index contributed by atoms with van der Waals surface area (Å²) >= 11 is 24.4. The number of hydrogen-bond acceptors (Lipinski definition) is 22. The average Bonchev–Trinajstić information content (AvgIpc) is 1.63. The number of phenolic OH excluding ortho intramolecular Hbond substituents is 1. The van der Waals surface area contributed by atoms with Crippen molar-refractivity contribution in [2.24, 2.45) is 0 Å². The van der Waals surface area contributed by atoms with E-state index in [1.807, 2.05) is 30.5 Å². The number of hydrogen-bond donors (Lipinski definition) is 4. The quantitative estimate of drug-likeness (QED) is 0.0164. The Bertz CT molecular complexity index is 5560. The van der Waals surface area contributed by atoms with Crippen LogP contribution in [0.15, 0.2) is 177 Å². The fourth-order valence-corrected chi connectivity index (χ4v) is 17.9. The molecule has 4 heterocycles. The smallest absolute Gasteiger partial charge is 0.305 e. The summed E-state index contributed by atoms with van der Waals surface area (Å²) in [5.41, 5.74) is 24.1. The molecule has 36 heteroatoms. The second kappa shape index (κ2) is 47.1. The lowest BCUT2D eigenvalue weighted by molar-refractivity contribution is -0.387. The number of nitro benzene ring substituents is 5. The van der Waals surface area contributed by atoms with Gasteiger partial charge in [0.05, 0.1) is 81.5 Å². The van der Waals surface area contributed by atoms with Crippen LogP contribution < -0.4 is 16.8 Å². The van der Waals surface area contributed by atoms with Gasteiger partial charge in [0.15, 0.2) is 0 Å². The van der Waals surface area contributed by atoms with Crippen LogP contribution in [0.25, 0.3) is 0 Å². The van der Waals surface area contributed by atoms with Crippen LogP contribution in [-0.2, 0) is 13.1 Å². The van der Waals surface area contributed by atoms with Gasteiger partial charge in [-0.15, -0.1) is 47.0 Å². The largest absolute Gasteiger partial charge is 0.508 e. The van der Waals surface area contributed by atoms with Gasteiger partial charge in [0.1, 0.15) is 16.1 Å². The molecule has 6 fully saturated rings. The highest BCUT2D eigenvalue weighted by atomic mass is 35.5. The number of nitrogens with one attached hydrogen (secondary N) is 1. The summed E-state index contributed by atoms with van der Waals surface area (Å²) in [7, 11) is 3.48. The van der Waals surface area contributed by atoms with Gasteiger partial charge in [0, 0.05) is 76.6 Å². The molecule has 0 saturated heterocycles. The maximum atomic E-state index is 13.2. The normalized spacial score (nSPS) is 15.2. The van der Waals surface area contributed by atoms with Gasteiger partial charge in [-0.1, -0.05) is 116 Å². The first-order chi connectivity index (χ1) is 61.6. The molecule has 2 amide bonds. The van der Waals surface area contributed by atoms with Crippen LogP contribution in [0.3, 0.4) is 0 Å². The van der Waals surface area contributed by atoms with Crippen LogP contribution in [0, 0.1) is 80.8 Å². The fourth-order valence-electron chi connectivity index (χ4n) is 14.8. The fraction of sp³-hybridized carbons (Fsp3) is 0.355. The topological polar surface area (TPSA) is 366 Å². The SMILES string of the molecule is CN1Cc2nc(Cl)cc(Cl)c2C1=O.CSc1cc(C2CCC2)ccc1N.CSc1cc(C2CCC2)ccc1N.CSc1cc(C2CCC2)ccc1Nc1cc(Cl)nc2c1C(=O)N(C)C2.CSc1cc(C2CCC2)ccc1[N+](=O)[O-].Cc1ccc([N+](=O)[O-])c(F)c1.O=[N+]([O-])c1ccc(C2CCC2)cc1F.O=[N+]([O-])c1ccc(C2CCC2)cc1F.O=[N+]([O-])c1ccc(O)cc1F. The molecule has 682 valence electrons. The van der Waals surface area contributed by atoms with Gasteiger partial charge in [0.2, 0.25) is 23.3 Å². The van der Waals surface area contributed by atoms with E-state index < -0.39 is 65.7 Å². The van der Waals surface area contributed by atoms with Crippen LogP contribution in [0.5, 0.6) is 5.75 Å². The monoisotopic (exact) mass is 1900 g/mol. The van der Waals surface area contributed by atoms with Crippen molar-refractivity contribution in [3.8, 4) is 5.75 Å². The first kappa shape index (κ1) is 100. The summed E-state index contributed by atoms with van der Waals surface area (Å²) in [6.07, 6.45) is 30.6. The number of amides is 2. The number of halogens is 7. The second-order valence-electron chi connectivity index (χ2n) is 32.0. The number of phenols is 1. The van der Waals surface area contributed by atoms with E-state index in [-0.39, 0.29) is 28.2 Å². The number of carbonyl (C=O) groups is 2. The summed E-state index contributed by atoms with van der Waals surface area (Å²) in [6, 6.07) is 43.1. The van der Waals surface area contributed by atoms with Gasteiger partial charge in [-0.25, -0.2) is 9.97 Å². The van der Waals surface area contributed by atoms with Gasteiger partial charge in [0.25, 0.3) is 17.5 Å². The van der Waals surface area contributed by atoms with E-state index in [1.165, 1.54) is 175 Å². The first-order valence-corrected chi connectivity index (χ1v) is 47.7. The van der Waals surface area contributed by atoms with Crippen molar-refractivity contribution in [1.29, 1.82) is 0 Å². The number of thioether (sulfide) groups is 4. The third kappa shape index (κ3) is 26.7. The molecule has 25 nitrogen and oxygen atoms in total. The number of anilines is 4. The molecule has 10 aromatic rings. The number of benzene rings is 8. The number of carbonyl (C=O) groups excluding carboxylic acids is 2. The second-order valence-corrected chi connectivity index (χ2v) is 36.5. The van der Waals surface area contributed by atoms with Crippen LogP contribution in [0.1, 0.15) is 222 Å². The summed E-state index contributed by atoms with van der Waals surface area (Å²) in [6.45, 7) is 2.65. The molecule has 18 rings (SSSR count). The van der Waals surface area contributed by atoms with E-state index >= 15 is 0 Å². The Kier molecular flexibility index (Phi) is 36.7. The molecule has 6 aliphatic carbocycles. The molecule has 6 saturated carbocycles. The minimum atomic E-state index is -1.03. The average molecular weight is 1900 g/mol. The van der Waals surface area contributed by atoms with Gasteiger partial charge in [-0.2, -0.15) is 17.6 Å². The number of rotatable bonds is 17. The summed E-state index contributed by atoms with van der Waals surface area (Å²) in [5, 5.41) is 64.7. The summed E-state index contributed by atoms with van der Waals surface area (Å²) in [4.78, 5) is 88.2. The number of nitrogen functional groups attached to an aromatic ring is 2. The Morgan fingerprint density at radius 3 is 1.04 bits per heavy atom. The van der Waals surface area contributed by atoms with E-state index in [9.17, 15) is 77.7 Å². The van der Waals surface area contributed by atoms with E-state index in [4.69, 9.17) is 51.4 Å². The number of pyridine rings is 2. The van der Waals surface area contributed by atoms with Crippen molar-refractivity contribution in [1.82, 2.24) is 19.8 Å². The predicted octanol–water partition coefficient (Wildman–Crippen LogP) is 26.6. The van der Waals surface area contributed by atoms with Crippen molar-refractivity contribution in [3.63, 3.8) is 0 Å². The maximum absolute atomic E-state index is 13.2. The van der Waals surface area contributed by atoms with Gasteiger partial charge < -0.3 is 31.7 Å². The first-order valence-electron chi connectivity index (χ1n) is 41.7. The zero-order valence-electron chi connectivity index (χ0n) is 71.9. The lowest BCUT2D eigenvalue weighted by atomic mass is 9.80. The van der Waals surface area contributed by atoms with Crippen molar-refractivity contribution in [2.45, 2.75) is 191 Å². The van der Waals surface area contributed by atoms with Crippen molar-refractivity contribution in [2.75, 3.05) is 55.9 Å². The number of nitrogens with zero attached hydrogens (tertiary/aromatic N) is 9. The standard InChI is InChI=1S/C19H20ClN3OS.C11H13NO2S.2C11H15NS.2C10H10FNO2.C8H6Cl2N2O.C7H6FNO2.C6H4FNO3/c1-23-10-15-18(19(23)24)14(9-17(20)22-15)21-13-7-6-12(8-16(13)25-2)11-4-3-5-11;1-15-11-7-9(8-3-2-4-8)5-6-10(11)12(13)14;2*1-13-11-7-9(5-6-10(11)12)8-3-2-4-8;2*11-9-6-8(7-2-1-3-7)4-5-10(9)12(13)14;1-12-3-5-7(8(12)13)4(9)2-6(10)11-5;1-5-2-3-7(9(10)11)6(8)4-5;7-5-3-4(9)1-2-6(5)8(10)11/h6-9,11H,3-5,10H2,1-2H3,(H,21,22);5-8H,2-4H2,1H3;2*5-8H,2-4,12H2,1H3;2*4-7H,1-3H2;2H,3H2,1H3;2-4H,1H3;1-3,9H. The maximum Gasteiger partial charge on any atom is 0.305 e. The number of nitrogens with two attached hydrogens (primary N) is 2. The highest BCUT2D eigenvalue weighted by Crippen LogP contribution is 2.46. The van der Waals surface area contributed by atoms with Crippen molar-refractivity contribution in [3.05, 3.63) is 308 Å². The Morgan fingerprint density at radius 1 is 0.388 bits per heavy atom. The van der Waals surface area contributed by atoms with E-state index in [1.54, 1.807) is 90.4 Å². The van der Waals surface area contributed by atoms with Gasteiger partial charge in [-0.3, -0.25) is 60.2 Å². The molecule has 0 spiro atoms. The van der Waals surface area contributed by atoms with Crippen molar-refractivity contribution < 1.29 is 56.9 Å². The molecule has 129 heavy (non-hydrogen) atoms. The minimum absolute atomic E-state index is 0.0153. The molecule has 0 atom stereocenters. The zero-order chi connectivity index (χ0) is 93.6.